The second-order valence-corrected chi connectivity index (χ2v) is 3.64. The highest BCUT2D eigenvalue weighted by Crippen LogP contribution is 2.26. The van der Waals surface area contributed by atoms with Gasteiger partial charge in [0.1, 0.15) is 6.10 Å². The van der Waals surface area contributed by atoms with Gasteiger partial charge in [0.15, 0.2) is 0 Å². The van der Waals surface area contributed by atoms with Gasteiger partial charge in [0.2, 0.25) is 6.41 Å². The van der Waals surface area contributed by atoms with E-state index in [9.17, 15) is 0 Å². The average Bonchev–Trinajstić information content (AvgIpc) is 2.68. The van der Waals surface area contributed by atoms with Gasteiger partial charge in [0, 0.05) is 0 Å². The Labute approximate surface area is 84.2 Å². The summed E-state index contributed by atoms with van der Waals surface area (Å²) in [4.78, 5) is 1.92. The first-order valence-corrected chi connectivity index (χ1v) is 4.76. The maximum absolute atomic E-state index is 5.71. The third-order valence-corrected chi connectivity index (χ3v) is 2.26. The van der Waals surface area contributed by atoms with E-state index in [1.54, 1.807) is 0 Å². The highest BCUT2D eigenvalue weighted by Gasteiger charge is 2.28. The zero-order chi connectivity index (χ0) is 9.97. The summed E-state index contributed by atoms with van der Waals surface area (Å²) in [7, 11) is 3.88. The largest absolute Gasteiger partial charge is 0.337 e. The minimum atomic E-state index is -0.208. The summed E-state index contributed by atoms with van der Waals surface area (Å²) >= 11 is 0. The van der Waals surface area contributed by atoms with Crippen LogP contribution in [-0.4, -0.2) is 32.0 Å². The van der Waals surface area contributed by atoms with Crippen LogP contribution in [-0.2, 0) is 9.47 Å². The lowest BCUT2D eigenvalue weighted by atomic mass is 10.1. The second kappa shape index (κ2) is 4.09. The van der Waals surface area contributed by atoms with E-state index < -0.39 is 0 Å². The third kappa shape index (κ3) is 1.95. The van der Waals surface area contributed by atoms with Crippen molar-refractivity contribution in [3.8, 4) is 0 Å². The Morgan fingerprint density at radius 3 is 2.50 bits per heavy atom. The van der Waals surface area contributed by atoms with E-state index in [-0.39, 0.29) is 12.5 Å². The number of hydrogen-bond donors (Lipinski definition) is 0. The summed E-state index contributed by atoms with van der Waals surface area (Å²) in [5.41, 5.74) is 1.18. The Morgan fingerprint density at radius 1 is 1.21 bits per heavy atom. The van der Waals surface area contributed by atoms with Crippen molar-refractivity contribution in [1.82, 2.24) is 4.90 Å². The van der Waals surface area contributed by atoms with Crippen molar-refractivity contribution in [1.29, 1.82) is 0 Å². The molecule has 0 bridgehead atoms. The van der Waals surface area contributed by atoms with Crippen molar-refractivity contribution in [2.45, 2.75) is 12.5 Å². The predicted molar refractivity (Wildman–Crippen MR) is 53.7 cm³/mol. The van der Waals surface area contributed by atoms with Gasteiger partial charge in [-0.05, 0) is 19.7 Å². The SMILES string of the molecule is CN(C)C1OCC(c2ccccc2)O1. The summed E-state index contributed by atoms with van der Waals surface area (Å²) in [6.45, 7) is 0.632. The van der Waals surface area contributed by atoms with Crippen molar-refractivity contribution >= 4 is 0 Å². The minimum Gasteiger partial charge on any atom is -0.337 e. The maximum atomic E-state index is 5.71. The molecule has 0 saturated carbocycles. The lowest BCUT2D eigenvalue weighted by Crippen LogP contribution is -2.28. The first kappa shape index (κ1) is 9.65. The van der Waals surface area contributed by atoms with Crippen molar-refractivity contribution in [3.05, 3.63) is 35.9 Å². The molecule has 3 heteroatoms. The first-order valence-electron chi connectivity index (χ1n) is 4.76. The molecule has 0 radical (unpaired) electrons. The number of nitrogens with zero attached hydrogens (tertiary/aromatic N) is 1. The van der Waals surface area contributed by atoms with Crippen LogP contribution in [0, 0.1) is 0 Å². The Morgan fingerprint density at radius 2 is 1.93 bits per heavy atom. The van der Waals surface area contributed by atoms with Crippen LogP contribution >= 0.6 is 0 Å². The normalized spacial score (nSPS) is 27.1. The smallest absolute Gasteiger partial charge is 0.218 e. The molecule has 1 aliphatic heterocycles. The monoisotopic (exact) mass is 193 g/mol. The zero-order valence-electron chi connectivity index (χ0n) is 8.51. The van der Waals surface area contributed by atoms with E-state index in [1.165, 1.54) is 5.56 Å². The van der Waals surface area contributed by atoms with Crippen LogP contribution in [0.5, 0.6) is 0 Å². The molecule has 0 N–H and O–H groups in total. The van der Waals surface area contributed by atoms with Crippen molar-refractivity contribution in [2.75, 3.05) is 20.7 Å². The molecule has 1 aliphatic rings. The molecule has 1 heterocycles. The topological polar surface area (TPSA) is 21.7 Å². The maximum Gasteiger partial charge on any atom is 0.218 e. The summed E-state index contributed by atoms with van der Waals surface area (Å²) in [5, 5.41) is 0. The Kier molecular flexibility index (Phi) is 2.82. The molecular weight excluding hydrogens is 178 g/mol. The van der Waals surface area contributed by atoms with Gasteiger partial charge < -0.3 is 9.47 Å². The minimum absolute atomic E-state index is 0.0728. The van der Waals surface area contributed by atoms with Crippen LogP contribution in [0.4, 0.5) is 0 Å². The summed E-state index contributed by atoms with van der Waals surface area (Å²) in [6.07, 6.45) is -0.135. The summed E-state index contributed by atoms with van der Waals surface area (Å²) in [6, 6.07) is 10.2. The Balaban J connectivity index is 2.03. The van der Waals surface area contributed by atoms with Gasteiger partial charge in [-0.3, -0.25) is 4.90 Å². The molecule has 1 aromatic rings. The van der Waals surface area contributed by atoms with Crippen LogP contribution in [0.2, 0.25) is 0 Å². The highest BCUT2D eigenvalue weighted by atomic mass is 16.7. The standard InChI is InChI=1S/C11H15NO2/c1-12(2)11-13-8-10(14-11)9-6-4-3-5-7-9/h3-7,10-11H,8H2,1-2H3. The predicted octanol–water partition coefficient (Wildman–Crippen LogP) is 1.62. The molecule has 1 aromatic carbocycles. The fourth-order valence-corrected chi connectivity index (χ4v) is 1.50. The quantitative estimate of drug-likeness (QED) is 0.712. The zero-order valence-corrected chi connectivity index (χ0v) is 8.51. The molecule has 0 amide bonds. The van der Waals surface area contributed by atoms with E-state index in [2.05, 4.69) is 12.1 Å². The van der Waals surface area contributed by atoms with E-state index in [0.717, 1.165) is 0 Å². The van der Waals surface area contributed by atoms with E-state index in [0.29, 0.717) is 6.61 Å². The summed E-state index contributed by atoms with van der Waals surface area (Å²) in [5.74, 6) is 0. The molecule has 2 atom stereocenters. The van der Waals surface area contributed by atoms with Crippen molar-refractivity contribution in [3.63, 3.8) is 0 Å². The van der Waals surface area contributed by atoms with Crippen LogP contribution < -0.4 is 0 Å². The third-order valence-electron chi connectivity index (χ3n) is 2.26. The molecule has 0 aliphatic carbocycles. The Bertz CT molecular complexity index is 287. The lowest BCUT2D eigenvalue weighted by molar-refractivity contribution is -0.144. The molecule has 76 valence electrons. The van der Waals surface area contributed by atoms with Crippen LogP contribution in [0.3, 0.4) is 0 Å². The number of ether oxygens (including phenoxy) is 2. The number of benzene rings is 1. The molecule has 1 saturated heterocycles. The van der Waals surface area contributed by atoms with Gasteiger partial charge in [-0.1, -0.05) is 30.3 Å². The van der Waals surface area contributed by atoms with Crippen molar-refractivity contribution < 1.29 is 9.47 Å². The second-order valence-electron chi connectivity index (χ2n) is 3.64. The fourth-order valence-electron chi connectivity index (χ4n) is 1.50. The summed E-state index contributed by atoms with van der Waals surface area (Å²) < 4.78 is 11.2. The number of rotatable bonds is 2. The molecule has 0 spiro atoms. The molecule has 1 fully saturated rings. The molecular formula is C11H15NO2. The van der Waals surface area contributed by atoms with Crippen molar-refractivity contribution in [2.24, 2.45) is 0 Å². The molecule has 14 heavy (non-hydrogen) atoms. The average molecular weight is 193 g/mol. The van der Waals surface area contributed by atoms with Crippen LogP contribution in [0.15, 0.2) is 30.3 Å². The van der Waals surface area contributed by atoms with Crippen LogP contribution in [0.25, 0.3) is 0 Å². The first-order chi connectivity index (χ1) is 6.77. The molecule has 3 nitrogen and oxygen atoms in total. The highest BCUT2D eigenvalue weighted by molar-refractivity contribution is 5.18. The van der Waals surface area contributed by atoms with Gasteiger partial charge >= 0.3 is 0 Å². The fraction of sp³-hybridized carbons (Fsp3) is 0.455. The molecule has 2 rings (SSSR count). The van der Waals surface area contributed by atoms with Gasteiger partial charge in [-0.25, -0.2) is 0 Å². The Hall–Kier alpha value is -0.900. The van der Waals surface area contributed by atoms with Crippen LogP contribution in [0.1, 0.15) is 11.7 Å². The van der Waals surface area contributed by atoms with E-state index >= 15 is 0 Å². The lowest BCUT2D eigenvalue weighted by Gasteiger charge is -2.17. The van der Waals surface area contributed by atoms with Gasteiger partial charge in [-0.2, -0.15) is 0 Å². The molecule has 2 unspecified atom stereocenters. The van der Waals surface area contributed by atoms with Gasteiger partial charge in [0.25, 0.3) is 0 Å². The number of hydrogen-bond acceptors (Lipinski definition) is 3. The van der Waals surface area contributed by atoms with E-state index in [4.69, 9.17) is 9.47 Å². The van der Waals surface area contributed by atoms with E-state index in [1.807, 2.05) is 37.2 Å². The van der Waals surface area contributed by atoms with Gasteiger partial charge in [-0.15, -0.1) is 0 Å². The molecule has 0 aromatic heterocycles. The van der Waals surface area contributed by atoms with Gasteiger partial charge in [0.05, 0.1) is 6.61 Å².